The second-order valence-electron chi connectivity index (χ2n) is 3.92. The Labute approximate surface area is 116 Å². The lowest BCUT2D eigenvalue weighted by molar-refractivity contribution is 0.0600. The lowest BCUT2D eigenvalue weighted by Gasteiger charge is -2.07. The molecule has 5 heteroatoms. The summed E-state index contributed by atoms with van der Waals surface area (Å²) in [7, 11) is 2.84. The number of carbonyl (C=O) groups excluding carboxylic acids is 1. The first-order chi connectivity index (χ1) is 9.69. The van der Waals surface area contributed by atoms with Gasteiger partial charge in [0.25, 0.3) is 0 Å². The topological polar surface area (TPSA) is 52.8 Å². The van der Waals surface area contributed by atoms with Crippen molar-refractivity contribution in [3.63, 3.8) is 0 Å². The molecule has 0 atom stereocenters. The number of methoxy groups -OCH3 is 2. The normalized spacial score (nSPS) is 9.65. The third-order valence-electron chi connectivity index (χ3n) is 2.78. The molecule has 0 aliphatic heterocycles. The quantitative estimate of drug-likeness (QED) is 0.634. The number of benzene rings is 1. The molecule has 20 heavy (non-hydrogen) atoms. The van der Waals surface area contributed by atoms with Gasteiger partial charge in [-0.2, -0.15) is 0 Å². The predicted octanol–water partition coefficient (Wildman–Crippen LogP) is 3.09. The van der Waals surface area contributed by atoms with Crippen molar-refractivity contribution in [2.75, 3.05) is 14.2 Å². The van der Waals surface area contributed by atoms with Crippen LogP contribution in [0.1, 0.15) is 10.4 Å². The van der Waals surface area contributed by atoms with Gasteiger partial charge in [-0.3, -0.25) is 4.98 Å². The fourth-order valence-electron chi connectivity index (χ4n) is 1.77. The van der Waals surface area contributed by atoms with Gasteiger partial charge in [0.2, 0.25) is 5.69 Å². The van der Waals surface area contributed by atoms with E-state index in [9.17, 15) is 4.79 Å². The lowest BCUT2D eigenvalue weighted by atomic mass is 10.1. The first kappa shape index (κ1) is 13.6. The smallest absolute Gasteiger partial charge is 0.337 e. The van der Waals surface area contributed by atoms with Gasteiger partial charge in [0, 0.05) is 6.20 Å². The number of carbonyl (C=O) groups is 1. The first-order valence-corrected chi connectivity index (χ1v) is 5.80. The van der Waals surface area contributed by atoms with Gasteiger partial charge in [0.15, 0.2) is 0 Å². The number of pyridine rings is 1. The molecule has 5 nitrogen and oxygen atoms in total. The second-order valence-corrected chi connectivity index (χ2v) is 3.92. The standard InChI is InChI=1S/C15H12N2O3/c1-16-13-8-10(4-5-14(13)19-2)12-9-11(6-7-17-12)15(18)20-3/h4-9H,2-3H3. The molecule has 2 aromatic rings. The van der Waals surface area contributed by atoms with Crippen LogP contribution in [0.2, 0.25) is 0 Å². The third-order valence-corrected chi connectivity index (χ3v) is 2.78. The molecule has 0 spiro atoms. The Balaban J connectivity index is 2.47. The highest BCUT2D eigenvalue weighted by molar-refractivity contribution is 5.90. The van der Waals surface area contributed by atoms with Gasteiger partial charge in [0.05, 0.1) is 32.0 Å². The molecule has 0 aliphatic rings. The Kier molecular flexibility index (Phi) is 3.96. The van der Waals surface area contributed by atoms with Crippen LogP contribution in [-0.2, 0) is 4.74 Å². The monoisotopic (exact) mass is 268 g/mol. The van der Waals surface area contributed by atoms with Crippen molar-refractivity contribution in [3.8, 4) is 17.0 Å². The van der Waals surface area contributed by atoms with Crippen LogP contribution in [0.25, 0.3) is 16.1 Å². The maximum atomic E-state index is 11.5. The Morgan fingerprint density at radius 2 is 2.05 bits per heavy atom. The van der Waals surface area contributed by atoms with Crippen LogP contribution in [0, 0.1) is 6.57 Å². The summed E-state index contributed by atoms with van der Waals surface area (Å²) >= 11 is 0. The van der Waals surface area contributed by atoms with Crippen LogP contribution in [-0.4, -0.2) is 25.2 Å². The zero-order valence-corrected chi connectivity index (χ0v) is 11.1. The van der Waals surface area contributed by atoms with Gasteiger partial charge in [-0.15, -0.1) is 0 Å². The number of hydrogen-bond donors (Lipinski definition) is 0. The highest BCUT2D eigenvalue weighted by Gasteiger charge is 2.10. The maximum Gasteiger partial charge on any atom is 0.337 e. The molecule has 0 saturated carbocycles. The van der Waals surface area contributed by atoms with Crippen molar-refractivity contribution in [2.24, 2.45) is 0 Å². The van der Waals surface area contributed by atoms with E-state index in [0.717, 1.165) is 5.56 Å². The number of rotatable bonds is 3. The molecule has 1 heterocycles. The van der Waals surface area contributed by atoms with Crippen molar-refractivity contribution in [2.45, 2.75) is 0 Å². The number of aromatic nitrogens is 1. The molecule has 0 N–H and O–H groups in total. The van der Waals surface area contributed by atoms with Gasteiger partial charge in [0.1, 0.15) is 5.75 Å². The van der Waals surface area contributed by atoms with E-state index in [1.165, 1.54) is 20.4 Å². The molecule has 0 bridgehead atoms. The zero-order chi connectivity index (χ0) is 14.5. The predicted molar refractivity (Wildman–Crippen MR) is 73.8 cm³/mol. The Bertz CT molecular complexity index is 690. The summed E-state index contributed by atoms with van der Waals surface area (Å²) in [6.45, 7) is 7.14. The van der Waals surface area contributed by atoms with Gasteiger partial charge >= 0.3 is 5.97 Å². The molecule has 0 aliphatic carbocycles. The van der Waals surface area contributed by atoms with E-state index in [1.54, 1.807) is 30.3 Å². The van der Waals surface area contributed by atoms with E-state index in [0.29, 0.717) is 22.7 Å². The van der Waals surface area contributed by atoms with Gasteiger partial charge in [-0.05, 0) is 29.8 Å². The average molecular weight is 268 g/mol. The van der Waals surface area contributed by atoms with Crippen molar-refractivity contribution < 1.29 is 14.3 Å². The summed E-state index contributed by atoms with van der Waals surface area (Å²) in [6.07, 6.45) is 1.53. The molecule has 2 rings (SSSR count). The summed E-state index contributed by atoms with van der Waals surface area (Å²) in [5, 5.41) is 0. The number of esters is 1. The molecule has 1 aromatic carbocycles. The number of nitrogens with zero attached hydrogens (tertiary/aromatic N) is 2. The maximum absolute atomic E-state index is 11.5. The lowest BCUT2D eigenvalue weighted by Crippen LogP contribution is -2.01. The van der Waals surface area contributed by atoms with E-state index in [1.807, 2.05) is 0 Å². The van der Waals surface area contributed by atoms with E-state index < -0.39 is 5.97 Å². The van der Waals surface area contributed by atoms with Gasteiger partial charge < -0.3 is 9.47 Å². The molecule has 0 unspecified atom stereocenters. The van der Waals surface area contributed by atoms with Crippen LogP contribution in [0.4, 0.5) is 5.69 Å². The summed E-state index contributed by atoms with van der Waals surface area (Å²) < 4.78 is 9.77. The van der Waals surface area contributed by atoms with Crippen LogP contribution in [0.5, 0.6) is 5.75 Å². The van der Waals surface area contributed by atoms with Crippen LogP contribution in [0.15, 0.2) is 36.5 Å². The number of ether oxygens (including phenoxy) is 2. The minimum atomic E-state index is -0.424. The fraction of sp³-hybridized carbons (Fsp3) is 0.133. The molecule has 0 saturated heterocycles. The van der Waals surface area contributed by atoms with Gasteiger partial charge in [-0.1, -0.05) is 6.07 Å². The Morgan fingerprint density at radius 1 is 1.25 bits per heavy atom. The summed E-state index contributed by atoms with van der Waals surface area (Å²) in [5.41, 5.74) is 2.15. The molecule has 1 aromatic heterocycles. The van der Waals surface area contributed by atoms with Crippen molar-refractivity contribution in [1.82, 2.24) is 4.98 Å². The van der Waals surface area contributed by atoms with E-state index in [4.69, 9.17) is 11.3 Å². The van der Waals surface area contributed by atoms with E-state index in [-0.39, 0.29) is 0 Å². The van der Waals surface area contributed by atoms with Crippen molar-refractivity contribution in [3.05, 3.63) is 53.5 Å². The molecule has 0 fully saturated rings. The summed E-state index contributed by atoms with van der Waals surface area (Å²) in [4.78, 5) is 19.1. The minimum absolute atomic E-state index is 0.398. The Morgan fingerprint density at radius 3 is 2.70 bits per heavy atom. The zero-order valence-electron chi connectivity index (χ0n) is 11.1. The molecular formula is C15H12N2O3. The highest BCUT2D eigenvalue weighted by atomic mass is 16.5. The van der Waals surface area contributed by atoms with E-state index in [2.05, 4.69) is 14.6 Å². The first-order valence-electron chi connectivity index (χ1n) is 5.80. The average Bonchev–Trinajstić information content (AvgIpc) is 2.53. The molecular weight excluding hydrogens is 256 g/mol. The molecule has 0 radical (unpaired) electrons. The van der Waals surface area contributed by atoms with Crippen LogP contribution in [0.3, 0.4) is 0 Å². The minimum Gasteiger partial charge on any atom is -0.508 e. The summed E-state index contributed by atoms with van der Waals surface area (Å²) in [5.74, 6) is 0.0837. The second kappa shape index (κ2) is 5.85. The van der Waals surface area contributed by atoms with Crippen LogP contribution >= 0.6 is 0 Å². The van der Waals surface area contributed by atoms with Crippen molar-refractivity contribution in [1.29, 1.82) is 0 Å². The number of hydrogen-bond acceptors (Lipinski definition) is 4. The fourth-order valence-corrected chi connectivity index (χ4v) is 1.77. The van der Waals surface area contributed by atoms with E-state index >= 15 is 0 Å². The Hall–Kier alpha value is -2.87. The molecule has 0 amide bonds. The molecule has 100 valence electrons. The van der Waals surface area contributed by atoms with Crippen LogP contribution < -0.4 is 4.74 Å². The third kappa shape index (κ3) is 2.59. The van der Waals surface area contributed by atoms with Crippen molar-refractivity contribution >= 4 is 11.7 Å². The highest BCUT2D eigenvalue weighted by Crippen LogP contribution is 2.32. The largest absolute Gasteiger partial charge is 0.508 e. The summed E-state index contributed by atoms with van der Waals surface area (Å²) in [6, 6.07) is 8.37. The SMILES string of the molecule is [C-]#[N+]c1cc(-c2cc(C(=O)OC)ccn2)ccc1OC. The van der Waals surface area contributed by atoms with Gasteiger partial charge in [-0.25, -0.2) is 9.64 Å².